The van der Waals surface area contributed by atoms with Crippen LogP contribution in [0.15, 0.2) is 22.6 Å². The molecule has 1 heterocycles. The van der Waals surface area contributed by atoms with Crippen LogP contribution in [0.1, 0.15) is 30.1 Å². The van der Waals surface area contributed by atoms with E-state index < -0.39 is 5.97 Å². The average molecular weight is 289 g/mol. The summed E-state index contributed by atoms with van der Waals surface area (Å²) in [7, 11) is 0. The van der Waals surface area contributed by atoms with E-state index in [4.69, 9.17) is 9.52 Å². The molecular formula is C15H19N3O3. The topological polar surface area (TPSA) is 78.6 Å². The van der Waals surface area contributed by atoms with Gasteiger partial charge in [0.15, 0.2) is 5.58 Å². The molecule has 1 aliphatic carbocycles. The van der Waals surface area contributed by atoms with Crippen molar-refractivity contribution in [3.8, 4) is 0 Å². The lowest BCUT2D eigenvalue weighted by molar-refractivity contribution is 0.0697. The molecule has 0 spiro atoms. The van der Waals surface area contributed by atoms with Crippen molar-refractivity contribution < 1.29 is 14.3 Å². The molecule has 2 N–H and O–H groups in total. The predicted octanol–water partition coefficient (Wildman–Crippen LogP) is 2.42. The van der Waals surface area contributed by atoms with Gasteiger partial charge in [-0.2, -0.15) is 4.98 Å². The Kier molecular flexibility index (Phi) is 3.79. The fourth-order valence-corrected chi connectivity index (χ4v) is 2.48. The summed E-state index contributed by atoms with van der Waals surface area (Å²) in [5, 5.41) is 12.1. The number of rotatable bonds is 7. The number of aromatic nitrogens is 1. The van der Waals surface area contributed by atoms with E-state index in [-0.39, 0.29) is 5.56 Å². The molecule has 1 aliphatic rings. The molecular weight excluding hydrogens is 270 g/mol. The van der Waals surface area contributed by atoms with E-state index in [1.54, 1.807) is 6.07 Å². The van der Waals surface area contributed by atoms with Gasteiger partial charge < -0.3 is 14.8 Å². The first-order valence-electron chi connectivity index (χ1n) is 7.29. The highest BCUT2D eigenvalue weighted by atomic mass is 16.4. The van der Waals surface area contributed by atoms with E-state index in [0.29, 0.717) is 17.1 Å². The van der Waals surface area contributed by atoms with Crippen LogP contribution in [0.25, 0.3) is 11.1 Å². The van der Waals surface area contributed by atoms with Gasteiger partial charge in [-0.25, -0.2) is 4.79 Å². The van der Waals surface area contributed by atoms with E-state index >= 15 is 0 Å². The average Bonchev–Trinajstić information content (AvgIpc) is 3.22. The van der Waals surface area contributed by atoms with Crippen LogP contribution in [0.5, 0.6) is 0 Å². The van der Waals surface area contributed by atoms with Crippen LogP contribution in [0, 0.1) is 0 Å². The molecule has 2 aromatic rings. The van der Waals surface area contributed by atoms with Crippen LogP contribution in [-0.4, -0.2) is 46.6 Å². The van der Waals surface area contributed by atoms with Gasteiger partial charge in [-0.15, -0.1) is 0 Å². The molecule has 6 heteroatoms. The maximum absolute atomic E-state index is 10.9. The molecule has 0 unspecified atom stereocenters. The number of aromatic carboxylic acids is 1. The van der Waals surface area contributed by atoms with Gasteiger partial charge in [-0.05, 0) is 37.6 Å². The van der Waals surface area contributed by atoms with Gasteiger partial charge in [-0.3, -0.25) is 4.90 Å². The number of likely N-dealkylation sites (N-methyl/N-ethyl adjacent to an activating group) is 1. The highest BCUT2D eigenvalue weighted by Gasteiger charge is 2.27. The van der Waals surface area contributed by atoms with Crippen molar-refractivity contribution in [1.29, 1.82) is 0 Å². The molecule has 0 radical (unpaired) electrons. The number of benzene rings is 1. The van der Waals surface area contributed by atoms with E-state index in [1.165, 1.54) is 25.0 Å². The summed E-state index contributed by atoms with van der Waals surface area (Å²) in [4.78, 5) is 17.7. The molecule has 112 valence electrons. The van der Waals surface area contributed by atoms with E-state index in [0.717, 1.165) is 25.7 Å². The normalized spacial score (nSPS) is 14.8. The molecule has 0 aliphatic heterocycles. The minimum atomic E-state index is -0.967. The predicted molar refractivity (Wildman–Crippen MR) is 79.7 cm³/mol. The summed E-state index contributed by atoms with van der Waals surface area (Å²) in [5.74, 6) is -0.967. The highest BCUT2D eigenvalue weighted by molar-refractivity contribution is 5.92. The Bertz CT molecular complexity index is 649. The van der Waals surface area contributed by atoms with Gasteiger partial charge >= 0.3 is 5.97 Å². The van der Waals surface area contributed by atoms with Crippen molar-refractivity contribution in [3.05, 3.63) is 23.8 Å². The van der Waals surface area contributed by atoms with Crippen LogP contribution in [-0.2, 0) is 0 Å². The Labute approximate surface area is 122 Å². The van der Waals surface area contributed by atoms with Crippen molar-refractivity contribution >= 4 is 23.1 Å². The van der Waals surface area contributed by atoms with Crippen molar-refractivity contribution in [2.45, 2.75) is 25.8 Å². The highest BCUT2D eigenvalue weighted by Crippen LogP contribution is 2.26. The zero-order valence-electron chi connectivity index (χ0n) is 12.0. The Morgan fingerprint density at radius 3 is 3.00 bits per heavy atom. The first-order chi connectivity index (χ1) is 10.2. The van der Waals surface area contributed by atoms with Crippen molar-refractivity contribution in [1.82, 2.24) is 9.88 Å². The van der Waals surface area contributed by atoms with Crippen LogP contribution >= 0.6 is 0 Å². The number of carbonyl (C=O) groups is 1. The second kappa shape index (κ2) is 5.73. The van der Waals surface area contributed by atoms with E-state index in [2.05, 4.69) is 22.1 Å². The van der Waals surface area contributed by atoms with Crippen LogP contribution in [0.4, 0.5) is 6.01 Å². The fraction of sp³-hybridized carbons (Fsp3) is 0.467. The molecule has 1 aromatic carbocycles. The molecule has 1 aromatic heterocycles. The van der Waals surface area contributed by atoms with Gasteiger partial charge in [0.05, 0.1) is 5.56 Å². The molecule has 1 saturated carbocycles. The first kappa shape index (κ1) is 13.9. The first-order valence-corrected chi connectivity index (χ1v) is 7.29. The van der Waals surface area contributed by atoms with E-state index in [1.807, 2.05) is 0 Å². The number of carboxylic acid groups (broad SMARTS) is 1. The number of anilines is 1. The molecule has 1 fully saturated rings. The lowest BCUT2D eigenvalue weighted by Crippen LogP contribution is -2.30. The number of fused-ring (bicyclic) bond motifs is 1. The number of nitrogens with zero attached hydrogens (tertiary/aromatic N) is 2. The lowest BCUT2D eigenvalue weighted by atomic mass is 10.2. The van der Waals surface area contributed by atoms with Crippen molar-refractivity contribution in [3.63, 3.8) is 0 Å². The molecule has 0 atom stereocenters. The summed E-state index contributed by atoms with van der Waals surface area (Å²) in [6, 6.07) is 5.88. The van der Waals surface area contributed by atoms with Crippen LogP contribution in [0.2, 0.25) is 0 Å². The number of hydrogen-bond acceptors (Lipinski definition) is 5. The van der Waals surface area contributed by atoms with Crippen molar-refractivity contribution in [2.24, 2.45) is 0 Å². The summed E-state index contributed by atoms with van der Waals surface area (Å²) in [6.07, 6.45) is 2.60. The third kappa shape index (κ3) is 3.16. The van der Waals surface area contributed by atoms with Gasteiger partial charge in [0.1, 0.15) is 5.52 Å². The third-order valence-electron chi connectivity index (χ3n) is 3.78. The van der Waals surface area contributed by atoms with E-state index in [9.17, 15) is 4.79 Å². The molecule has 6 nitrogen and oxygen atoms in total. The summed E-state index contributed by atoms with van der Waals surface area (Å²) >= 11 is 0. The number of hydrogen-bond donors (Lipinski definition) is 2. The molecule has 3 rings (SSSR count). The lowest BCUT2D eigenvalue weighted by Gasteiger charge is -2.19. The third-order valence-corrected chi connectivity index (χ3v) is 3.78. The molecule has 21 heavy (non-hydrogen) atoms. The zero-order valence-corrected chi connectivity index (χ0v) is 12.0. The Morgan fingerprint density at radius 2 is 2.33 bits per heavy atom. The number of carboxylic acids is 1. The minimum absolute atomic E-state index is 0.205. The minimum Gasteiger partial charge on any atom is -0.478 e. The smallest absolute Gasteiger partial charge is 0.335 e. The fourth-order valence-electron chi connectivity index (χ4n) is 2.48. The maximum Gasteiger partial charge on any atom is 0.335 e. The van der Waals surface area contributed by atoms with Gasteiger partial charge in [-0.1, -0.05) is 6.92 Å². The number of nitrogens with one attached hydrogen (secondary N) is 1. The SMILES string of the molecule is CCN(CCNc1nc2ccc(C(=O)O)cc2o1)C1CC1. The quantitative estimate of drug-likeness (QED) is 0.815. The van der Waals surface area contributed by atoms with Gasteiger partial charge in [0, 0.05) is 19.1 Å². The van der Waals surface area contributed by atoms with Gasteiger partial charge in [0.25, 0.3) is 6.01 Å². The van der Waals surface area contributed by atoms with Crippen LogP contribution < -0.4 is 5.32 Å². The Hall–Kier alpha value is -2.08. The largest absolute Gasteiger partial charge is 0.478 e. The molecule has 0 bridgehead atoms. The van der Waals surface area contributed by atoms with Gasteiger partial charge in [0.2, 0.25) is 0 Å². The second-order valence-corrected chi connectivity index (χ2v) is 5.29. The monoisotopic (exact) mass is 289 g/mol. The van der Waals surface area contributed by atoms with Crippen LogP contribution in [0.3, 0.4) is 0 Å². The maximum atomic E-state index is 10.9. The standard InChI is InChI=1S/C15H19N3O3/c1-2-18(11-4-5-11)8-7-16-15-17-12-6-3-10(14(19)20)9-13(12)21-15/h3,6,9,11H,2,4-5,7-8H2,1H3,(H,16,17)(H,19,20). The molecule has 0 saturated heterocycles. The second-order valence-electron chi connectivity index (χ2n) is 5.29. The number of oxazole rings is 1. The summed E-state index contributed by atoms with van der Waals surface area (Å²) < 4.78 is 5.55. The molecule has 0 amide bonds. The summed E-state index contributed by atoms with van der Waals surface area (Å²) in [5.41, 5.74) is 1.36. The Balaban J connectivity index is 1.62. The Morgan fingerprint density at radius 1 is 1.52 bits per heavy atom. The van der Waals surface area contributed by atoms with Crippen molar-refractivity contribution in [2.75, 3.05) is 25.0 Å². The zero-order chi connectivity index (χ0) is 14.8. The summed E-state index contributed by atoms with van der Waals surface area (Å²) in [6.45, 7) is 4.95.